The number of carbonyl (C=O) groups excluding carboxylic acids is 2. The number of carbonyl (C=O) groups is 2. The lowest BCUT2D eigenvalue weighted by Gasteiger charge is -2.07. The van der Waals surface area contributed by atoms with Crippen molar-refractivity contribution >= 4 is 17.4 Å². The summed E-state index contributed by atoms with van der Waals surface area (Å²) in [6, 6.07) is 16.3. The molecule has 28 heavy (non-hydrogen) atoms. The Morgan fingerprint density at radius 3 is 2.36 bits per heavy atom. The highest BCUT2D eigenvalue weighted by Crippen LogP contribution is 2.15. The first-order chi connectivity index (χ1) is 13.6. The molecule has 0 aliphatic heterocycles. The lowest BCUT2D eigenvalue weighted by atomic mass is 10.1. The molecule has 0 heterocycles. The molecule has 0 aliphatic rings. The number of Topliss-reactive ketones (excluding diaryl/α,β-unsaturated/α-hetero) is 1. The molecule has 0 saturated heterocycles. The smallest absolute Gasteiger partial charge is 0.224 e. The summed E-state index contributed by atoms with van der Waals surface area (Å²) in [5.74, 6) is 0.472. The molecule has 0 fully saturated rings. The first-order valence-electron chi connectivity index (χ1n) is 9.64. The van der Waals surface area contributed by atoms with E-state index in [2.05, 4.69) is 18.3 Å². The van der Waals surface area contributed by atoms with Crippen LogP contribution in [0.4, 0.5) is 5.69 Å². The number of ether oxygens (including phenoxy) is 1. The number of anilines is 1. The standard InChI is InChI=1S/C23H26N2O3/c1-2-3-4-17-28-21-11-7-19(8-12-21)22(26)13-14-23(27)25-20-9-5-18(6-10-20)15-16-24/h5-12H,2-4,13-15,17H2,1H3,(H,25,27). The van der Waals surface area contributed by atoms with Gasteiger partial charge in [-0.05, 0) is 48.4 Å². The summed E-state index contributed by atoms with van der Waals surface area (Å²) in [7, 11) is 0. The Morgan fingerprint density at radius 2 is 1.71 bits per heavy atom. The van der Waals surface area contributed by atoms with Crippen LogP contribution in [0, 0.1) is 11.3 Å². The Labute approximate surface area is 166 Å². The maximum Gasteiger partial charge on any atom is 0.224 e. The fourth-order valence-electron chi connectivity index (χ4n) is 2.67. The van der Waals surface area contributed by atoms with E-state index in [9.17, 15) is 9.59 Å². The van der Waals surface area contributed by atoms with Gasteiger partial charge in [0.05, 0.1) is 19.1 Å². The second-order valence-corrected chi connectivity index (χ2v) is 6.58. The minimum atomic E-state index is -0.211. The van der Waals surface area contributed by atoms with Crippen molar-refractivity contribution in [3.63, 3.8) is 0 Å². The summed E-state index contributed by atoms with van der Waals surface area (Å²) < 4.78 is 5.64. The minimum absolute atomic E-state index is 0.0722. The summed E-state index contributed by atoms with van der Waals surface area (Å²) in [4.78, 5) is 24.3. The van der Waals surface area contributed by atoms with Gasteiger partial charge in [0.15, 0.2) is 5.78 Å². The van der Waals surface area contributed by atoms with E-state index >= 15 is 0 Å². The summed E-state index contributed by atoms with van der Waals surface area (Å²) in [5.41, 5.74) is 2.13. The van der Waals surface area contributed by atoms with Gasteiger partial charge in [0, 0.05) is 24.1 Å². The number of benzene rings is 2. The van der Waals surface area contributed by atoms with Gasteiger partial charge in [-0.3, -0.25) is 9.59 Å². The molecule has 0 spiro atoms. The van der Waals surface area contributed by atoms with Crippen molar-refractivity contribution in [1.29, 1.82) is 5.26 Å². The van der Waals surface area contributed by atoms with Crippen molar-refractivity contribution in [3.05, 3.63) is 59.7 Å². The first-order valence-corrected chi connectivity index (χ1v) is 9.64. The molecule has 0 saturated carbocycles. The number of nitriles is 1. The topological polar surface area (TPSA) is 79.2 Å². The van der Waals surface area contributed by atoms with Gasteiger partial charge in [0.2, 0.25) is 5.91 Å². The molecular formula is C23H26N2O3. The van der Waals surface area contributed by atoms with Crippen LogP contribution in [0.1, 0.15) is 54.9 Å². The normalized spacial score (nSPS) is 10.1. The molecule has 0 unspecified atom stereocenters. The third-order valence-corrected chi connectivity index (χ3v) is 4.29. The van der Waals surface area contributed by atoms with E-state index in [1.165, 1.54) is 0 Å². The zero-order valence-electron chi connectivity index (χ0n) is 16.2. The molecule has 5 heteroatoms. The molecule has 2 aromatic carbocycles. The molecule has 1 amide bonds. The van der Waals surface area contributed by atoms with Crippen molar-refractivity contribution in [1.82, 2.24) is 0 Å². The van der Waals surface area contributed by atoms with Crippen molar-refractivity contribution in [2.75, 3.05) is 11.9 Å². The number of hydrogen-bond donors (Lipinski definition) is 1. The lowest BCUT2D eigenvalue weighted by Crippen LogP contribution is -2.13. The second kappa shape index (κ2) is 11.6. The molecule has 0 aromatic heterocycles. The van der Waals surface area contributed by atoms with Crippen LogP contribution in [-0.2, 0) is 11.2 Å². The molecular weight excluding hydrogens is 352 g/mol. The van der Waals surface area contributed by atoms with Gasteiger partial charge in [-0.15, -0.1) is 0 Å². The van der Waals surface area contributed by atoms with Gasteiger partial charge < -0.3 is 10.1 Å². The van der Waals surface area contributed by atoms with E-state index in [1.54, 1.807) is 48.5 Å². The molecule has 2 rings (SSSR count). The Hall–Kier alpha value is -3.13. The third-order valence-electron chi connectivity index (χ3n) is 4.29. The van der Waals surface area contributed by atoms with Crippen LogP contribution in [0.3, 0.4) is 0 Å². The fraction of sp³-hybridized carbons (Fsp3) is 0.348. The number of amides is 1. The maximum absolute atomic E-state index is 12.3. The van der Waals surface area contributed by atoms with Crippen LogP contribution in [0.25, 0.3) is 0 Å². The van der Waals surface area contributed by atoms with Gasteiger partial charge >= 0.3 is 0 Å². The average molecular weight is 378 g/mol. The van der Waals surface area contributed by atoms with Gasteiger partial charge in [-0.2, -0.15) is 5.26 Å². The number of nitrogens with zero attached hydrogens (tertiary/aromatic N) is 1. The number of hydrogen-bond acceptors (Lipinski definition) is 4. The molecule has 0 atom stereocenters. The van der Waals surface area contributed by atoms with Crippen LogP contribution >= 0.6 is 0 Å². The number of unbranched alkanes of at least 4 members (excludes halogenated alkanes) is 2. The fourth-order valence-corrected chi connectivity index (χ4v) is 2.67. The number of nitrogens with one attached hydrogen (secondary N) is 1. The lowest BCUT2D eigenvalue weighted by molar-refractivity contribution is -0.116. The van der Waals surface area contributed by atoms with Crippen LogP contribution in [-0.4, -0.2) is 18.3 Å². The maximum atomic E-state index is 12.3. The second-order valence-electron chi connectivity index (χ2n) is 6.58. The monoisotopic (exact) mass is 378 g/mol. The average Bonchev–Trinajstić information content (AvgIpc) is 2.71. The SMILES string of the molecule is CCCCCOc1ccc(C(=O)CCC(=O)Nc2ccc(CC#N)cc2)cc1. The van der Waals surface area contributed by atoms with Crippen LogP contribution < -0.4 is 10.1 Å². The van der Waals surface area contributed by atoms with Crippen molar-refractivity contribution in [2.45, 2.75) is 45.4 Å². The van der Waals surface area contributed by atoms with Crippen LogP contribution in [0.15, 0.2) is 48.5 Å². The van der Waals surface area contributed by atoms with Crippen molar-refractivity contribution in [3.8, 4) is 11.8 Å². The van der Waals surface area contributed by atoms with E-state index in [-0.39, 0.29) is 24.5 Å². The van der Waals surface area contributed by atoms with Gasteiger partial charge in [0.1, 0.15) is 5.75 Å². The highest BCUT2D eigenvalue weighted by molar-refractivity contribution is 6.00. The zero-order chi connectivity index (χ0) is 20.2. The quantitative estimate of drug-likeness (QED) is 0.444. The molecule has 0 bridgehead atoms. The Balaban J connectivity index is 1.76. The third kappa shape index (κ3) is 7.24. The van der Waals surface area contributed by atoms with E-state index in [0.29, 0.717) is 24.3 Å². The molecule has 5 nitrogen and oxygen atoms in total. The summed E-state index contributed by atoms with van der Waals surface area (Å²) >= 11 is 0. The number of rotatable bonds is 11. The van der Waals surface area contributed by atoms with Crippen LogP contribution in [0.2, 0.25) is 0 Å². The highest BCUT2D eigenvalue weighted by atomic mass is 16.5. The molecule has 2 aromatic rings. The molecule has 0 aliphatic carbocycles. The van der Waals surface area contributed by atoms with E-state index in [4.69, 9.17) is 10.00 Å². The van der Waals surface area contributed by atoms with E-state index < -0.39 is 0 Å². The summed E-state index contributed by atoms with van der Waals surface area (Å²) in [5, 5.41) is 11.4. The Kier molecular flexibility index (Phi) is 8.74. The van der Waals surface area contributed by atoms with Crippen molar-refractivity contribution < 1.29 is 14.3 Å². The predicted octanol–water partition coefficient (Wildman–Crippen LogP) is 4.92. The van der Waals surface area contributed by atoms with Gasteiger partial charge in [0.25, 0.3) is 0 Å². The number of ketones is 1. The molecule has 1 N–H and O–H groups in total. The van der Waals surface area contributed by atoms with E-state index in [0.717, 1.165) is 30.6 Å². The van der Waals surface area contributed by atoms with Gasteiger partial charge in [-0.1, -0.05) is 31.9 Å². The van der Waals surface area contributed by atoms with Crippen molar-refractivity contribution in [2.24, 2.45) is 0 Å². The minimum Gasteiger partial charge on any atom is -0.494 e. The van der Waals surface area contributed by atoms with E-state index in [1.807, 2.05) is 0 Å². The highest BCUT2D eigenvalue weighted by Gasteiger charge is 2.10. The summed E-state index contributed by atoms with van der Waals surface area (Å²) in [6.45, 7) is 2.83. The Bertz CT molecular complexity index is 805. The predicted molar refractivity (Wildman–Crippen MR) is 109 cm³/mol. The largest absolute Gasteiger partial charge is 0.494 e. The van der Waals surface area contributed by atoms with Gasteiger partial charge in [-0.25, -0.2) is 0 Å². The molecule has 146 valence electrons. The molecule has 0 radical (unpaired) electrons. The first kappa shape index (κ1) is 21.2. The Morgan fingerprint density at radius 1 is 1.00 bits per heavy atom. The summed E-state index contributed by atoms with van der Waals surface area (Å²) in [6.07, 6.45) is 3.92. The zero-order valence-corrected chi connectivity index (χ0v) is 16.2. The van der Waals surface area contributed by atoms with Crippen LogP contribution in [0.5, 0.6) is 5.75 Å².